The first-order valence-electron chi connectivity index (χ1n) is 7.68. The van der Waals surface area contributed by atoms with Crippen LogP contribution in [0.15, 0.2) is 47.3 Å². The molecule has 1 N–H and O–H groups in total. The maximum Gasteiger partial charge on any atom is 0.267 e. The summed E-state index contributed by atoms with van der Waals surface area (Å²) in [5.74, 6) is 0.329. The summed E-state index contributed by atoms with van der Waals surface area (Å²) in [6, 6.07) is 11.2. The van der Waals surface area contributed by atoms with E-state index in [2.05, 4.69) is 10.4 Å². The quantitative estimate of drug-likeness (QED) is 0.912. The number of thioether (sulfide) groups is 1. The SMILES string of the molecule is C[C@@H](C(=O)N[C@H]1CCSC1=O)n1nc(-c2ccccc2)ccc1=O. The number of nitrogens with zero attached hydrogens (tertiary/aromatic N) is 2. The molecule has 1 amide bonds. The lowest BCUT2D eigenvalue weighted by Gasteiger charge is -2.17. The van der Waals surface area contributed by atoms with Gasteiger partial charge in [-0.3, -0.25) is 14.4 Å². The van der Waals surface area contributed by atoms with Crippen LogP contribution in [-0.2, 0) is 9.59 Å². The number of carbonyl (C=O) groups excluding carboxylic acids is 2. The molecule has 0 spiro atoms. The van der Waals surface area contributed by atoms with Gasteiger partial charge in [0.2, 0.25) is 11.0 Å². The van der Waals surface area contributed by atoms with Gasteiger partial charge in [-0.2, -0.15) is 5.10 Å². The van der Waals surface area contributed by atoms with Crippen LogP contribution in [0.2, 0.25) is 0 Å². The van der Waals surface area contributed by atoms with E-state index in [1.54, 1.807) is 13.0 Å². The van der Waals surface area contributed by atoms with Crippen LogP contribution in [0.5, 0.6) is 0 Å². The zero-order valence-corrected chi connectivity index (χ0v) is 14.0. The highest BCUT2D eigenvalue weighted by Crippen LogP contribution is 2.20. The molecular weight excluding hydrogens is 326 g/mol. The summed E-state index contributed by atoms with van der Waals surface area (Å²) >= 11 is 1.22. The maximum atomic E-state index is 12.4. The Morgan fingerprint density at radius 3 is 2.67 bits per heavy atom. The van der Waals surface area contributed by atoms with E-state index in [0.717, 1.165) is 10.2 Å². The molecule has 3 rings (SSSR count). The van der Waals surface area contributed by atoms with E-state index in [-0.39, 0.29) is 16.6 Å². The number of benzene rings is 1. The minimum atomic E-state index is -0.792. The zero-order chi connectivity index (χ0) is 17.1. The summed E-state index contributed by atoms with van der Waals surface area (Å²) in [5, 5.41) is 6.98. The van der Waals surface area contributed by atoms with Gasteiger partial charge in [0, 0.05) is 17.4 Å². The third-order valence-corrected chi connectivity index (χ3v) is 4.90. The summed E-state index contributed by atoms with van der Waals surface area (Å²) in [6.07, 6.45) is 0.619. The Kier molecular flexibility index (Phi) is 4.80. The second-order valence-corrected chi connectivity index (χ2v) is 6.66. The topological polar surface area (TPSA) is 81.1 Å². The van der Waals surface area contributed by atoms with Crippen molar-refractivity contribution in [2.24, 2.45) is 0 Å². The molecule has 1 aliphatic heterocycles. The van der Waals surface area contributed by atoms with E-state index >= 15 is 0 Å². The molecule has 0 radical (unpaired) electrons. The largest absolute Gasteiger partial charge is 0.343 e. The normalized spacial score (nSPS) is 18.4. The molecule has 0 bridgehead atoms. The Morgan fingerprint density at radius 2 is 2.00 bits per heavy atom. The van der Waals surface area contributed by atoms with Crippen LogP contribution in [0.25, 0.3) is 11.3 Å². The van der Waals surface area contributed by atoms with Crippen molar-refractivity contribution in [1.82, 2.24) is 15.1 Å². The molecule has 7 heteroatoms. The van der Waals surface area contributed by atoms with E-state index in [1.165, 1.54) is 17.8 Å². The molecule has 1 fully saturated rings. The monoisotopic (exact) mass is 343 g/mol. The van der Waals surface area contributed by atoms with E-state index in [1.807, 2.05) is 30.3 Å². The highest BCUT2D eigenvalue weighted by atomic mass is 32.2. The summed E-state index contributed by atoms with van der Waals surface area (Å²) in [6.45, 7) is 1.60. The average molecular weight is 343 g/mol. The van der Waals surface area contributed by atoms with Gasteiger partial charge in [-0.05, 0) is 19.4 Å². The fraction of sp³-hybridized carbons (Fsp3) is 0.294. The van der Waals surface area contributed by atoms with E-state index < -0.39 is 12.1 Å². The van der Waals surface area contributed by atoms with Crippen LogP contribution in [0.3, 0.4) is 0 Å². The number of amides is 1. The second-order valence-electron chi connectivity index (χ2n) is 5.56. The zero-order valence-electron chi connectivity index (χ0n) is 13.1. The lowest BCUT2D eigenvalue weighted by molar-refractivity contribution is -0.127. The van der Waals surface area contributed by atoms with Gasteiger partial charge in [-0.15, -0.1) is 0 Å². The highest BCUT2D eigenvalue weighted by Gasteiger charge is 2.29. The molecule has 0 saturated carbocycles. The predicted octanol–water partition coefficient (Wildman–Crippen LogP) is 1.62. The molecular formula is C17H17N3O3S. The van der Waals surface area contributed by atoms with Gasteiger partial charge in [-0.25, -0.2) is 4.68 Å². The first-order chi connectivity index (χ1) is 11.6. The van der Waals surface area contributed by atoms with Crippen LogP contribution in [0, 0.1) is 0 Å². The molecule has 2 atom stereocenters. The first kappa shape index (κ1) is 16.4. The van der Waals surface area contributed by atoms with Crippen molar-refractivity contribution in [2.45, 2.75) is 25.4 Å². The molecule has 24 heavy (non-hydrogen) atoms. The standard InChI is InChI=1S/C17H17N3O3S/c1-11(16(22)18-14-9-10-24-17(14)23)20-15(21)8-7-13(19-20)12-5-3-2-4-6-12/h2-8,11,14H,9-10H2,1H3,(H,18,22)/t11-,14-/m0/s1. The lowest BCUT2D eigenvalue weighted by atomic mass is 10.1. The van der Waals surface area contributed by atoms with Crippen molar-refractivity contribution in [2.75, 3.05) is 5.75 Å². The number of aromatic nitrogens is 2. The molecule has 6 nitrogen and oxygen atoms in total. The first-order valence-corrected chi connectivity index (χ1v) is 8.67. The number of hydrogen-bond acceptors (Lipinski definition) is 5. The number of rotatable bonds is 4. The van der Waals surface area contributed by atoms with E-state index in [9.17, 15) is 14.4 Å². The second kappa shape index (κ2) is 7.00. The van der Waals surface area contributed by atoms with Crippen molar-refractivity contribution in [3.8, 4) is 11.3 Å². The summed E-state index contributed by atoms with van der Waals surface area (Å²) in [4.78, 5) is 36.1. The van der Waals surface area contributed by atoms with Crippen LogP contribution >= 0.6 is 11.8 Å². The van der Waals surface area contributed by atoms with Crippen LogP contribution in [-0.4, -0.2) is 32.6 Å². The van der Waals surface area contributed by atoms with Gasteiger partial charge in [0.15, 0.2) is 0 Å². The van der Waals surface area contributed by atoms with Crippen LogP contribution < -0.4 is 10.9 Å². The predicted molar refractivity (Wildman–Crippen MR) is 92.7 cm³/mol. The molecule has 0 unspecified atom stereocenters. The van der Waals surface area contributed by atoms with E-state index in [0.29, 0.717) is 17.9 Å². The lowest BCUT2D eigenvalue weighted by Crippen LogP contribution is -2.43. The molecule has 1 saturated heterocycles. The van der Waals surface area contributed by atoms with Crippen molar-refractivity contribution in [1.29, 1.82) is 0 Å². The summed E-state index contributed by atoms with van der Waals surface area (Å²) < 4.78 is 1.16. The Labute approximate surface area is 143 Å². The molecule has 1 aliphatic rings. The number of carbonyl (C=O) groups is 2. The van der Waals surface area contributed by atoms with E-state index in [4.69, 9.17) is 0 Å². The van der Waals surface area contributed by atoms with Crippen molar-refractivity contribution < 1.29 is 9.59 Å². The smallest absolute Gasteiger partial charge is 0.267 e. The molecule has 2 heterocycles. The van der Waals surface area contributed by atoms with Gasteiger partial charge >= 0.3 is 0 Å². The highest BCUT2D eigenvalue weighted by molar-refractivity contribution is 8.14. The third kappa shape index (κ3) is 3.41. The Bertz CT molecular complexity index is 819. The third-order valence-electron chi connectivity index (χ3n) is 3.89. The fourth-order valence-electron chi connectivity index (χ4n) is 2.50. The Hall–Kier alpha value is -2.41. The van der Waals surface area contributed by atoms with Crippen molar-refractivity contribution in [3.63, 3.8) is 0 Å². The van der Waals surface area contributed by atoms with Crippen molar-refractivity contribution in [3.05, 3.63) is 52.8 Å². The van der Waals surface area contributed by atoms with Gasteiger partial charge in [0.05, 0.1) is 11.7 Å². The minimum absolute atomic E-state index is 0.0334. The molecule has 124 valence electrons. The minimum Gasteiger partial charge on any atom is -0.343 e. The van der Waals surface area contributed by atoms with Gasteiger partial charge < -0.3 is 5.32 Å². The van der Waals surface area contributed by atoms with Crippen LogP contribution in [0.1, 0.15) is 19.4 Å². The molecule has 1 aromatic carbocycles. The van der Waals surface area contributed by atoms with Gasteiger partial charge in [-0.1, -0.05) is 42.1 Å². The van der Waals surface area contributed by atoms with Gasteiger partial charge in [0.25, 0.3) is 5.56 Å². The Morgan fingerprint density at radius 1 is 1.25 bits per heavy atom. The number of nitrogens with one attached hydrogen (secondary N) is 1. The Balaban J connectivity index is 1.84. The summed E-state index contributed by atoms with van der Waals surface area (Å²) in [5.41, 5.74) is 1.12. The molecule has 1 aromatic heterocycles. The maximum absolute atomic E-state index is 12.4. The fourth-order valence-corrected chi connectivity index (χ4v) is 3.43. The number of hydrogen-bond donors (Lipinski definition) is 1. The molecule has 0 aliphatic carbocycles. The average Bonchev–Trinajstić information content (AvgIpc) is 3.00. The van der Waals surface area contributed by atoms with Crippen molar-refractivity contribution >= 4 is 22.8 Å². The van der Waals surface area contributed by atoms with Gasteiger partial charge in [0.1, 0.15) is 6.04 Å². The molecule has 2 aromatic rings. The van der Waals surface area contributed by atoms with Crippen LogP contribution in [0.4, 0.5) is 0 Å². The summed E-state index contributed by atoms with van der Waals surface area (Å²) in [7, 11) is 0.